The van der Waals surface area contributed by atoms with E-state index in [2.05, 4.69) is 29.6 Å². The van der Waals surface area contributed by atoms with Crippen LogP contribution in [0, 0.1) is 0 Å². The minimum Gasteiger partial charge on any atom is -0.395 e. The molecule has 4 heteroatoms. The lowest BCUT2D eigenvalue weighted by Gasteiger charge is -2.23. The largest absolute Gasteiger partial charge is 0.395 e. The molecule has 3 atom stereocenters. The highest BCUT2D eigenvalue weighted by Gasteiger charge is 2.21. The third-order valence-corrected chi connectivity index (χ3v) is 5.24. The first-order valence-electron chi connectivity index (χ1n) is 7.49. The van der Waals surface area contributed by atoms with Crippen LogP contribution in [0.5, 0.6) is 0 Å². The molecule has 0 aliphatic heterocycles. The van der Waals surface area contributed by atoms with Gasteiger partial charge in [0, 0.05) is 11.3 Å². The van der Waals surface area contributed by atoms with Crippen molar-refractivity contribution in [3.05, 3.63) is 48.0 Å². The Bertz CT molecular complexity index is 640. The topological polar surface area (TPSA) is 49.3 Å². The van der Waals surface area contributed by atoms with Crippen LogP contribution in [0.3, 0.4) is 0 Å². The average Bonchev–Trinajstić information content (AvgIpc) is 2.54. The molecule has 0 spiro atoms. The second-order valence-electron chi connectivity index (χ2n) is 5.58. The first-order valence-corrected chi connectivity index (χ1v) is 8.78. The van der Waals surface area contributed by atoms with E-state index >= 15 is 0 Å². The van der Waals surface area contributed by atoms with E-state index < -0.39 is 0 Å². The molecule has 2 aromatic rings. The number of carbonyl (C=O) groups is 1. The zero-order chi connectivity index (χ0) is 16.1. The maximum absolute atomic E-state index is 12.4. The smallest absolute Gasteiger partial charge is 0.227 e. The Morgan fingerprint density at radius 2 is 1.86 bits per heavy atom. The summed E-state index contributed by atoms with van der Waals surface area (Å²) in [6.45, 7) is 3.91. The predicted octanol–water partition coefficient (Wildman–Crippen LogP) is 3.17. The van der Waals surface area contributed by atoms with Gasteiger partial charge >= 0.3 is 0 Å². The molecule has 0 aromatic heterocycles. The molecule has 118 valence electrons. The zero-order valence-corrected chi connectivity index (χ0v) is 14.1. The average molecular weight is 317 g/mol. The van der Waals surface area contributed by atoms with Gasteiger partial charge in [-0.2, -0.15) is 11.8 Å². The summed E-state index contributed by atoms with van der Waals surface area (Å²) in [4.78, 5) is 12.4. The number of amides is 1. The van der Waals surface area contributed by atoms with Gasteiger partial charge in [0.1, 0.15) is 0 Å². The molecule has 2 N–H and O–H groups in total. The van der Waals surface area contributed by atoms with Crippen molar-refractivity contribution in [1.29, 1.82) is 0 Å². The normalized spacial score (nSPS) is 15.3. The molecule has 0 saturated carbocycles. The fourth-order valence-corrected chi connectivity index (χ4v) is 3.13. The Morgan fingerprint density at radius 3 is 2.50 bits per heavy atom. The van der Waals surface area contributed by atoms with Gasteiger partial charge < -0.3 is 10.4 Å². The fourth-order valence-electron chi connectivity index (χ4n) is 2.51. The molecule has 0 radical (unpaired) electrons. The van der Waals surface area contributed by atoms with E-state index in [4.69, 9.17) is 0 Å². The quantitative estimate of drug-likeness (QED) is 0.860. The highest BCUT2D eigenvalue weighted by Crippen LogP contribution is 2.22. The second kappa shape index (κ2) is 7.65. The van der Waals surface area contributed by atoms with Crippen molar-refractivity contribution >= 4 is 28.4 Å². The summed E-state index contributed by atoms with van der Waals surface area (Å²) < 4.78 is 0. The van der Waals surface area contributed by atoms with Gasteiger partial charge in [0.25, 0.3) is 0 Å². The van der Waals surface area contributed by atoms with Crippen LogP contribution < -0.4 is 5.32 Å². The van der Waals surface area contributed by atoms with Crippen LogP contribution in [0.1, 0.15) is 25.3 Å². The molecule has 2 aromatic carbocycles. The summed E-state index contributed by atoms with van der Waals surface area (Å²) in [5.74, 6) is -0.219. The summed E-state index contributed by atoms with van der Waals surface area (Å²) in [6, 6.07) is 14.2. The maximum Gasteiger partial charge on any atom is 0.227 e. The summed E-state index contributed by atoms with van der Waals surface area (Å²) >= 11 is 1.56. The van der Waals surface area contributed by atoms with Gasteiger partial charge in [-0.15, -0.1) is 0 Å². The SMILES string of the molecule is CSC(CO)C(C)NC(=O)C(C)c1ccc2ccccc2c1. The number of benzene rings is 2. The third-order valence-electron chi connectivity index (χ3n) is 4.08. The lowest BCUT2D eigenvalue weighted by atomic mass is 9.97. The van der Waals surface area contributed by atoms with Crippen LogP contribution in [-0.2, 0) is 4.79 Å². The van der Waals surface area contributed by atoms with E-state index in [1.165, 1.54) is 5.39 Å². The Morgan fingerprint density at radius 1 is 1.18 bits per heavy atom. The van der Waals surface area contributed by atoms with Gasteiger partial charge in [-0.05, 0) is 36.4 Å². The number of thioether (sulfide) groups is 1. The van der Waals surface area contributed by atoms with Crippen molar-refractivity contribution in [2.24, 2.45) is 0 Å². The van der Waals surface area contributed by atoms with E-state index in [1.807, 2.05) is 38.3 Å². The summed E-state index contributed by atoms with van der Waals surface area (Å²) in [6.07, 6.45) is 1.94. The van der Waals surface area contributed by atoms with E-state index in [-0.39, 0.29) is 29.7 Å². The van der Waals surface area contributed by atoms with Crippen LogP contribution >= 0.6 is 11.8 Å². The van der Waals surface area contributed by atoms with E-state index in [9.17, 15) is 9.90 Å². The van der Waals surface area contributed by atoms with Gasteiger partial charge in [-0.25, -0.2) is 0 Å². The first kappa shape index (κ1) is 16.8. The summed E-state index contributed by atoms with van der Waals surface area (Å²) in [5, 5.41) is 14.7. The monoisotopic (exact) mass is 317 g/mol. The van der Waals surface area contributed by atoms with Gasteiger partial charge in [0.2, 0.25) is 5.91 Å². The summed E-state index contributed by atoms with van der Waals surface area (Å²) in [5.41, 5.74) is 1.01. The van der Waals surface area contributed by atoms with Gasteiger partial charge in [-0.1, -0.05) is 42.5 Å². The number of nitrogens with one attached hydrogen (secondary N) is 1. The van der Waals surface area contributed by atoms with E-state index in [0.717, 1.165) is 10.9 Å². The molecule has 0 bridgehead atoms. The first-order chi connectivity index (χ1) is 10.6. The molecule has 3 unspecified atom stereocenters. The zero-order valence-electron chi connectivity index (χ0n) is 13.2. The predicted molar refractivity (Wildman–Crippen MR) is 94.4 cm³/mol. The second-order valence-corrected chi connectivity index (χ2v) is 6.66. The van der Waals surface area contributed by atoms with Crippen LogP contribution in [0.15, 0.2) is 42.5 Å². The van der Waals surface area contributed by atoms with E-state index in [1.54, 1.807) is 11.8 Å². The third kappa shape index (κ3) is 3.81. The molecule has 0 aliphatic carbocycles. The molecule has 0 fully saturated rings. The minimum absolute atomic E-state index is 0.00437. The molecular formula is C18H23NO2S. The minimum atomic E-state index is -0.215. The molecule has 22 heavy (non-hydrogen) atoms. The van der Waals surface area contributed by atoms with Gasteiger partial charge in [-0.3, -0.25) is 4.79 Å². The van der Waals surface area contributed by atoms with Crippen molar-refractivity contribution in [2.45, 2.75) is 31.1 Å². The van der Waals surface area contributed by atoms with E-state index in [0.29, 0.717) is 0 Å². The number of aliphatic hydroxyl groups is 1. The Hall–Kier alpha value is -1.52. The number of fused-ring (bicyclic) bond motifs is 1. The number of aliphatic hydroxyl groups excluding tert-OH is 1. The number of hydrogen-bond acceptors (Lipinski definition) is 3. The van der Waals surface area contributed by atoms with Crippen molar-refractivity contribution in [3.63, 3.8) is 0 Å². The van der Waals surface area contributed by atoms with Crippen molar-refractivity contribution < 1.29 is 9.90 Å². The van der Waals surface area contributed by atoms with Crippen LogP contribution in [0.25, 0.3) is 10.8 Å². The fraction of sp³-hybridized carbons (Fsp3) is 0.389. The van der Waals surface area contributed by atoms with Crippen LogP contribution in [0.4, 0.5) is 0 Å². The number of rotatable bonds is 6. The number of carbonyl (C=O) groups excluding carboxylic acids is 1. The molecule has 0 saturated heterocycles. The van der Waals surface area contributed by atoms with Gasteiger partial charge in [0.15, 0.2) is 0 Å². The molecule has 1 amide bonds. The van der Waals surface area contributed by atoms with Crippen molar-refractivity contribution in [2.75, 3.05) is 12.9 Å². The summed E-state index contributed by atoms with van der Waals surface area (Å²) in [7, 11) is 0. The standard InChI is InChI=1S/C18H23NO2S/c1-12(18(21)19-13(2)17(11-20)22-3)15-9-8-14-6-4-5-7-16(14)10-15/h4-10,12-13,17,20H,11H2,1-3H3,(H,19,21). The Balaban J connectivity index is 2.11. The Labute approximate surface area is 136 Å². The Kier molecular flexibility index (Phi) is 5.86. The maximum atomic E-state index is 12.4. The van der Waals surface area contributed by atoms with Crippen molar-refractivity contribution in [3.8, 4) is 0 Å². The van der Waals surface area contributed by atoms with Crippen molar-refractivity contribution in [1.82, 2.24) is 5.32 Å². The number of hydrogen-bond donors (Lipinski definition) is 2. The molecule has 3 nitrogen and oxygen atoms in total. The van der Waals surface area contributed by atoms with Crippen LogP contribution in [0.2, 0.25) is 0 Å². The highest BCUT2D eigenvalue weighted by atomic mass is 32.2. The van der Waals surface area contributed by atoms with Crippen LogP contribution in [-0.4, -0.2) is 35.2 Å². The highest BCUT2D eigenvalue weighted by molar-refractivity contribution is 7.99. The van der Waals surface area contributed by atoms with Gasteiger partial charge in [0.05, 0.1) is 12.5 Å². The molecule has 2 rings (SSSR count). The lowest BCUT2D eigenvalue weighted by Crippen LogP contribution is -2.42. The molecular weight excluding hydrogens is 294 g/mol. The molecule has 0 aliphatic rings. The lowest BCUT2D eigenvalue weighted by molar-refractivity contribution is -0.122. The molecule has 0 heterocycles.